The van der Waals surface area contributed by atoms with Gasteiger partial charge in [0.25, 0.3) is 5.91 Å². The summed E-state index contributed by atoms with van der Waals surface area (Å²) in [5, 5.41) is 12.6. The molecule has 204 valence electrons. The zero-order valence-electron chi connectivity index (χ0n) is 21.3. The van der Waals surface area contributed by atoms with Crippen LogP contribution in [0, 0.1) is 5.82 Å². The average Bonchev–Trinajstić information content (AvgIpc) is 3.65. The van der Waals surface area contributed by atoms with Gasteiger partial charge in [0.2, 0.25) is 5.82 Å². The summed E-state index contributed by atoms with van der Waals surface area (Å²) in [5.41, 5.74) is 9.09. The maximum Gasteiger partial charge on any atom is 0.292 e. The van der Waals surface area contributed by atoms with E-state index >= 15 is 0 Å². The van der Waals surface area contributed by atoms with Gasteiger partial charge >= 0.3 is 0 Å². The number of carbonyl (C=O) groups is 1. The van der Waals surface area contributed by atoms with Crippen molar-refractivity contribution in [2.24, 2.45) is 0 Å². The molecule has 2 fully saturated rings. The lowest BCUT2D eigenvalue weighted by Gasteiger charge is -2.38. The molecule has 3 N–H and O–H groups in total. The molecule has 2 aliphatic rings. The van der Waals surface area contributed by atoms with E-state index in [1.807, 2.05) is 4.90 Å². The Balaban J connectivity index is 1.34. The Morgan fingerprint density at radius 3 is 2.62 bits per heavy atom. The number of piperidine rings is 1. The Morgan fingerprint density at radius 2 is 1.93 bits per heavy atom. The smallest absolute Gasteiger partial charge is 0.292 e. The third-order valence-electron chi connectivity index (χ3n) is 7.96. The maximum absolute atomic E-state index is 13.9. The lowest BCUT2D eigenvalue weighted by molar-refractivity contribution is 0.0556. The van der Waals surface area contributed by atoms with E-state index < -0.39 is 9.84 Å². The molecular formula is C26H24FN9O3S. The van der Waals surface area contributed by atoms with Crippen LogP contribution in [-0.2, 0) is 9.84 Å². The van der Waals surface area contributed by atoms with E-state index in [4.69, 9.17) is 10.7 Å². The fraction of sp³-hybridized carbons (Fsp3) is 0.308. The maximum atomic E-state index is 13.9. The molecule has 1 aromatic carbocycles. The number of fused-ring (bicyclic) bond motifs is 4. The van der Waals surface area contributed by atoms with Crippen molar-refractivity contribution in [3.05, 3.63) is 60.3 Å². The van der Waals surface area contributed by atoms with Gasteiger partial charge in [-0.05, 0) is 49.9 Å². The minimum absolute atomic E-state index is 0.0268. The highest BCUT2D eigenvalue weighted by Crippen LogP contribution is 2.45. The van der Waals surface area contributed by atoms with Gasteiger partial charge in [0.15, 0.2) is 15.5 Å². The summed E-state index contributed by atoms with van der Waals surface area (Å²) in [7, 11) is -3.78. The number of hydrogen-bond donors (Lipinski definition) is 2. The normalized spacial score (nSPS) is 20.9. The summed E-state index contributed by atoms with van der Waals surface area (Å²) < 4.78 is 41.3. The van der Waals surface area contributed by atoms with E-state index in [1.54, 1.807) is 24.5 Å². The van der Waals surface area contributed by atoms with Crippen molar-refractivity contribution in [1.29, 1.82) is 0 Å². The molecule has 0 aliphatic carbocycles. The Bertz CT molecular complexity index is 1910. The number of amides is 1. The summed E-state index contributed by atoms with van der Waals surface area (Å²) in [6.45, 7) is 0. The second-order valence-electron chi connectivity index (χ2n) is 10.4. The number of nitrogen functional groups attached to an aromatic ring is 1. The minimum Gasteiger partial charge on any atom is -0.382 e. The number of aromatic nitrogens is 7. The molecule has 2 saturated heterocycles. The van der Waals surface area contributed by atoms with Gasteiger partial charge in [0.05, 0.1) is 17.4 Å². The van der Waals surface area contributed by atoms with Crippen LogP contribution in [0.3, 0.4) is 0 Å². The molecule has 5 aromatic rings. The molecule has 2 bridgehead atoms. The number of nitrogens with zero attached hydrogens (tertiary/aromatic N) is 7. The zero-order valence-corrected chi connectivity index (χ0v) is 22.1. The van der Waals surface area contributed by atoms with Crippen LogP contribution in [0.15, 0.2) is 47.9 Å². The molecular weight excluding hydrogens is 537 g/mol. The minimum atomic E-state index is -3.78. The monoisotopic (exact) mass is 561 g/mol. The number of pyridine rings is 1. The van der Waals surface area contributed by atoms with E-state index in [0.29, 0.717) is 46.2 Å². The largest absolute Gasteiger partial charge is 0.382 e. The van der Waals surface area contributed by atoms with Crippen molar-refractivity contribution in [1.82, 2.24) is 39.7 Å². The summed E-state index contributed by atoms with van der Waals surface area (Å²) in [6.07, 6.45) is 8.33. The third-order valence-corrected chi connectivity index (χ3v) is 9.12. The highest BCUT2D eigenvalue weighted by atomic mass is 32.2. The van der Waals surface area contributed by atoms with Crippen LogP contribution in [0.5, 0.6) is 0 Å². The second kappa shape index (κ2) is 8.78. The van der Waals surface area contributed by atoms with Gasteiger partial charge < -0.3 is 15.6 Å². The molecule has 1 amide bonds. The standard InChI is InChI=1S/C26H24FN9O3S/c1-40(38,39)22-21(14-8-17-3-4-18(9-14)35(17)26(37)24-30-12-31-34-24)33-25-19(11-32-36(25)23(22)28)15-6-13-7-16(27)2-5-20(13)29-10-15/h2,5-7,10-12,14,17-18H,3-4,8-9,28H2,1H3,(H,30,31,34). The zero-order chi connectivity index (χ0) is 27.8. The molecule has 0 spiro atoms. The Hall–Kier alpha value is -4.46. The number of nitrogens with two attached hydrogens (primary N) is 1. The summed E-state index contributed by atoms with van der Waals surface area (Å²) in [6, 6.07) is 5.94. The Kier molecular flexibility index (Phi) is 5.39. The second-order valence-corrected chi connectivity index (χ2v) is 12.4. The fourth-order valence-electron chi connectivity index (χ4n) is 6.29. The quantitative estimate of drug-likeness (QED) is 0.335. The number of anilines is 1. The molecule has 4 aromatic heterocycles. The predicted octanol–water partition coefficient (Wildman–Crippen LogP) is 2.74. The van der Waals surface area contributed by atoms with Gasteiger partial charge in [-0.25, -0.2) is 17.8 Å². The van der Waals surface area contributed by atoms with E-state index in [9.17, 15) is 17.6 Å². The van der Waals surface area contributed by atoms with Gasteiger partial charge in [0.1, 0.15) is 22.9 Å². The van der Waals surface area contributed by atoms with Crippen LogP contribution in [0.2, 0.25) is 0 Å². The molecule has 2 atom stereocenters. The van der Waals surface area contributed by atoms with E-state index in [2.05, 4.69) is 25.3 Å². The number of aromatic amines is 1. The van der Waals surface area contributed by atoms with Crippen molar-refractivity contribution in [2.75, 3.05) is 12.0 Å². The number of hydrogen-bond acceptors (Lipinski definition) is 9. The first-order valence-corrected chi connectivity index (χ1v) is 14.7. The highest BCUT2D eigenvalue weighted by molar-refractivity contribution is 7.91. The first kappa shape index (κ1) is 24.6. The molecule has 14 heteroatoms. The number of sulfone groups is 1. The van der Waals surface area contributed by atoms with Crippen LogP contribution in [-0.4, -0.2) is 72.3 Å². The van der Waals surface area contributed by atoms with E-state index in [-0.39, 0.29) is 46.3 Å². The molecule has 0 saturated carbocycles. The SMILES string of the molecule is CS(=O)(=O)c1c(C2CC3CCC(C2)N3C(=O)c2nnc[nH]2)nc2c(-c3cnc4ccc(F)cc4c3)cnn2c1N. The Labute approximate surface area is 227 Å². The molecule has 12 nitrogen and oxygen atoms in total. The number of benzene rings is 1. The third kappa shape index (κ3) is 3.81. The summed E-state index contributed by atoms with van der Waals surface area (Å²) in [5.74, 6) is -0.686. The first-order valence-electron chi connectivity index (χ1n) is 12.8. The van der Waals surface area contributed by atoms with Crippen LogP contribution in [0.1, 0.15) is 47.9 Å². The van der Waals surface area contributed by atoms with E-state index in [0.717, 1.165) is 19.1 Å². The van der Waals surface area contributed by atoms with Gasteiger partial charge in [-0.3, -0.25) is 9.78 Å². The van der Waals surface area contributed by atoms with Gasteiger partial charge in [-0.2, -0.15) is 9.61 Å². The topological polar surface area (TPSA) is 165 Å². The van der Waals surface area contributed by atoms with Crippen molar-refractivity contribution >= 4 is 38.1 Å². The van der Waals surface area contributed by atoms with Crippen molar-refractivity contribution < 1.29 is 17.6 Å². The van der Waals surface area contributed by atoms with Crippen molar-refractivity contribution in [2.45, 2.75) is 48.6 Å². The number of halogens is 1. The first-order chi connectivity index (χ1) is 19.2. The number of H-pyrrole nitrogens is 1. The summed E-state index contributed by atoms with van der Waals surface area (Å²) >= 11 is 0. The van der Waals surface area contributed by atoms with Gasteiger partial charge in [-0.15, -0.1) is 10.2 Å². The predicted molar refractivity (Wildman–Crippen MR) is 143 cm³/mol. The van der Waals surface area contributed by atoms with Gasteiger partial charge in [-0.1, -0.05) is 0 Å². The van der Waals surface area contributed by atoms with Crippen molar-refractivity contribution in [3.8, 4) is 11.1 Å². The molecule has 0 radical (unpaired) electrons. The van der Waals surface area contributed by atoms with Gasteiger partial charge in [0, 0.05) is 47.0 Å². The molecule has 2 unspecified atom stereocenters. The van der Waals surface area contributed by atoms with Crippen molar-refractivity contribution in [3.63, 3.8) is 0 Å². The molecule has 7 rings (SSSR count). The Morgan fingerprint density at radius 1 is 1.15 bits per heavy atom. The number of rotatable bonds is 4. The lowest BCUT2D eigenvalue weighted by Crippen LogP contribution is -2.46. The van der Waals surface area contributed by atoms with E-state index in [1.165, 1.54) is 23.0 Å². The lowest BCUT2D eigenvalue weighted by atomic mass is 9.87. The molecule has 6 heterocycles. The highest BCUT2D eigenvalue weighted by Gasteiger charge is 2.46. The van der Waals surface area contributed by atoms with Crippen LogP contribution in [0.4, 0.5) is 10.2 Å². The molecule has 40 heavy (non-hydrogen) atoms. The molecule has 2 aliphatic heterocycles. The fourth-order valence-corrected chi connectivity index (χ4v) is 7.35. The number of carbonyl (C=O) groups excluding carboxylic acids is 1. The van der Waals surface area contributed by atoms with Crippen LogP contribution in [0.25, 0.3) is 27.7 Å². The van der Waals surface area contributed by atoms with Crippen LogP contribution >= 0.6 is 0 Å². The van der Waals surface area contributed by atoms with Crippen LogP contribution < -0.4 is 5.73 Å². The average molecular weight is 562 g/mol. The number of nitrogens with one attached hydrogen (secondary N) is 1. The summed E-state index contributed by atoms with van der Waals surface area (Å²) in [4.78, 5) is 27.0.